The molecule has 6 atom stereocenters. The molecule has 0 bridgehead atoms. The van der Waals surface area contributed by atoms with Crippen molar-refractivity contribution in [2.24, 2.45) is 23.3 Å². The van der Waals surface area contributed by atoms with Gasteiger partial charge in [0.15, 0.2) is 6.04 Å². The highest BCUT2D eigenvalue weighted by Gasteiger charge is 2.41. The molecule has 1 aromatic carbocycles. The number of likely N-dealkylation sites (N-methyl/N-ethyl adjacent to an activating group) is 3. The van der Waals surface area contributed by atoms with E-state index in [2.05, 4.69) is 10.6 Å². The predicted molar refractivity (Wildman–Crippen MR) is 262 cm³/mol. The molecule has 1 heterocycles. The maximum Gasteiger partial charge on any atom is 0.255 e. The van der Waals surface area contributed by atoms with Crippen molar-refractivity contribution in [3.63, 3.8) is 0 Å². The van der Waals surface area contributed by atoms with Crippen molar-refractivity contribution in [1.82, 2.24) is 35.1 Å². The lowest BCUT2D eigenvalue weighted by atomic mass is 9.99. The van der Waals surface area contributed by atoms with E-state index in [-0.39, 0.29) is 50.7 Å². The molecule has 0 radical (unpaired) electrons. The van der Waals surface area contributed by atoms with Gasteiger partial charge in [-0.3, -0.25) is 38.4 Å². The van der Waals surface area contributed by atoms with Crippen molar-refractivity contribution in [3.8, 4) is 0 Å². The second-order valence-electron chi connectivity index (χ2n) is 20.1. The molecule has 0 aromatic heterocycles. The van der Waals surface area contributed by atoms with Crippen LogP contribution in [0.2, 0.25) is 0 Å². The number of likely N-dealkylation sites (tertiary alicyclic amines) is 1. The zero-order valence-electron chi connectivity index (χ0n) is 43.2. The standard InChI is InChI=1S/C50H85N9O9/c1-13-15-20-27-59(31-41(60)55(10)40(30-35-23-18-16-19-24-35)44(62)53-37(28-33(3)4)47(65)56(11)38(14-2)43(52)61)49(67)42(48(66)58-25-21-17-22-26-58)54-45(63)39(29-34(5)6)57(12)46(64)36(51)32-68-50(7,8)9/h16,18-19,23-24,33-34,36-40,42H,13-15,17,20-22,25-32,51H2,1-12H3,(H2,52,61)(H,53,62)(H,54,63)/t36-,37-,38-,39-,40-,42?/m0/s1. The van der Waals surface area contributed by atoms with E-state index < -0.39 is 95.7 Å². The summed E-state index contributed by atoms with van der Waals surface area (Å²) >= 11 is 0. The van der Waals surface area contributed by atoms with Gasteiger partial charge in [0.1, 0.15) is 30.2 Å². The molecule has 384 valence electrons. The summed E-state index contributed by atoms with van der Waals surface area (Å²) in [5.41, 5.74) is 12.0. The number of hydrogen-bond acceptors (Lipinski definition) is 10. The summed E-state index contributed by atoms with van der Waals surface area (Å²) in [6.45, 7) is 17.0. The number of nitrogens with one attached hydrogen (secondary N) is 2. The number of rotatable bonds is 27. The van der Waals surface area contributed by atoms with Crippen molar-refractivity contribution in [3.05, 3.63) is 35.9 Å². The first kappa shape index (κ1) is 59.0. The van der Waals surface area contributed by atoms with Crippen LogP contribution in [0.3, 0.4) is 0 Å². The number of amides is 8. The molecule has 68 heavy (non-hydrogen) atoms. The van der Waals surface area contributed by atoms with Gasteiger partial charge >= 0.3 is 0 Å². The van der Waals surface area contributed by atoms with Crippen molar-refractivity contribution in [2.45, 2.75) is 168 Å². The zero-order valence-corrected chi connectivity index (χ0v) is 43.2. The maximum absolute atomic E-state index is 15.0. The molecule has 0 saturated carbocycles. The van der Waals surface area contributed by atoms with Crippen molar-refractivity contribution in [1.29, 1.82) is 0 Å². The summed E-state index contributed by atoms with van der Waals surface area (Å²) < 4.78 is 5.76. The van der Waals surface area contributed by atoms with Gasteiger partial charge < -0.3 is 51.3 Å². The van der Waals surface area contributed by atoms with E-state index in [1.165, 1.54) is 40.7 Å². The van der Waals surface area contributed by atoms with Crippen LogP contribution >= 0.6 is 0 Å². The molecule has 1 aliphatic rings. The fourth-order valence-corrected chi connectivity index (χ4v) is 8.20. The number of carbonyl (C=O) groups excluding carboxylic acids is 8. The van der Waals surface area contributed by atoms with E-state index in [4.69, 9.17) is 16.2 Å². The van der Waals surface area contributed by atoms with E-state index >= 15 is 0 Å². The summed E-state index contributed by atoms with van der Waals surface area (Å²) in [4.78, 5) is 119. The highest BCUT2D eigenvalue weighted by atomic mass is 16.5. The topological polar surface area (TPSA) is 238 Å². The van der Waals surface area contributed by atoms with E-state index in [9.17, 15) is 38.4 Å². The van der Waals surface area contributed by atoms with Gasteiger partial charge in [0.2, 0.25) is 35.4 Å². The highest BCUT2D eigenvalue weighted by Crippen LogP contribution is 2.19. The van der Waals surface area contributed by atoms with Crippen LogP contribution in [0.15, 0.2) is 30.3 Å². The molecule has 1 aromatic rings. The largest absolute Gasteiger partial charge is 0.374 e. The van der Waals surface area contributed by atoms with E-state index in [1.807, 2.05) is 73.6 Å². The van der Waals surface area contributed by atoms with Crippen molar-refractivity contribution in [2.75, 3.05) is 53.9 Å². The average molecular weight is 956 g/mol. The van der Waals surface area contributed by atoms with Gasteiger partial charge in [-0.05, 0) is 83.1 Å². The van der Waals surface area contributed by atoms with Crippen LogP contribution in [0.5, 0.6) is 0 Å². The number of unbranched alkanes of at least 4 members (excludes halogenated alkanes) is 2. The van der Waals surface area contributed by atoms with E-state index in [0.29, 0.717) is 38.8 Å². The first-order valence-electron chi connectivity index (χ1n) is 24.5. The minimum Gasteiger partial charge on any atom is -0.374 e. The number of nitrogens with two attached hydrogens (primary N) is 2. The van der Waals surface area contributed by atoms with Crippen LogP contribution in [0.1, 0.15) is 126 Å². The summed E-state index contributed by atoms with van der Waals surface area (Å²) in [5.74, 6) is -5.26. The van der Waals surface area contributed by atoms with Gasteiger partial charge in [-0.15, -0.1) is 0 Å². The first-order chi connectivity index (χ1) is 31.8. The maximum atomic E-state index is 15.0. The van der Waals surface area contributed by atoms with Gasteiger partial charge in [0, 0.05) is 47.2 Å². The number of carbonyl (C=O) groups is 8. The Morgan fingerprint density at radius 1 is 0.735 bits per heavy atom. The van der Waals surface area contributed by atoms with Crippen molar-refractivity contribution < 1.29 is 43.1 Å². The monoisotopic (exact) mass is 956 g/mol. The Hall–Kier alpha value is -5.10. The SMILES string of the molecule is CCCCCN(CC(=O)N(C)[C@@H](Cc1ccccc1)C(=O)N[C@@H](CC(C)C)C(=O)N(C)[C@@H](CC)C(N)=O)C(=O)C(NC(=O)[C@H](CC(C)C)N(C)C(=O)[C@@H](N)COC(C)(C)C)C(=O)N1CCCCC1. The lowest BCUT2D eigenvalue weighted by molar-refractivity contribution is -0.151. The molecule has 1 fully saturated rings. The molecular weight excluding hydrogens is 871 g/mol. The predicted octanol–water partition coefficient (Wildman–Crippen LogP) is 2.84. The lowest BCUT2D eigenvalue weighted by Crippen LogP contribution is -2.62. The average Bonchev–Trinajstić information content (AvgIpc) is 3.29. The lowest BCUT2D eigenvalue weighted by Gasteiger charge is -2.36. The fraction of sp³-hybridized carbons (Fsp3) is 0.720. The van der Waals surface area contributed by atoms with Crippen LogP contribution in [0.4, 0.5) is 0 Å². The second kappa shape index (κ2) is 28.4. The first-order valence-corrected chi connectivity index (χ1v) is 24.5. The molecule has 0 aliphatic carbocycles. The molecule has 1 saturated heterocycles. The quantitative estimate of drug-likeness (QED) is 0.0743. The van der Waals surface area contributed by atoms with Gasteiger partial charge in [-0.25, -0.2) is 0 Å². The van der Waals surface area contributed by atoms with Crippen molar-refractivity contribution >= 4 is 47.3 Å². The Morgan fingerprint density at radius 2 is 1.31 bits per heavy atom. The van der Waals surface area contributed by atoms with Gasteiger partial charge in [-0.2, -0.15) is 0 Å². The fourth-order valence-electron chi connectivity index (χ4n) is 8.20. The highest BCUT2D eigenvalue weighted by molar-refractivity contribution is 6.08. The Balaban J connectivity index is 2.61. The Morgan fingerprint density at radius 3 is 1.84 bits per heavy atom. The summed E-state index contributed by atoms with van der Waals surface area (Å²) in [7, 11) is 4.38. The third-order valence-corrected chi connectivity index (χ3v) is 12.2. The van der Waals surface area contributed by atoms with E-state index in [1.54, 1.807) is 24.0 Å². The number of primary amides is 1. The normalized spacial score (nSPS) is 15.6. The smallest absolute Gasteiger partial charge is 0.255 e. The number of nitrogens with zero attached hydrogens (tertiary/aromatic N) is 5. The zero-order chi connectivity index (χ0) is 51.5. The molecular formula is C50H85N9O9. The summed E-state index contributed by atoms with van der Waals surface area (Å²) in [6, 6.07) is 2.01. The molecule has 1 aliphatic heterocycles. The Labute approximate surface area is 405 Å². The molecule has 6 N–H and O–H groups in total. The Kier molecular flexibility index (Phi) is 24.7. The van der Waals surface area contributed by atoms with E-state index in [0.717, 1.165) is 18.4 Å². The van der Waals surface area contributed by atoms with Gasteiger partial charge in [-0.1, -0.05) is 84.7 Å². The molecule has 1 unspecified atom stereocenters. The molecule has 18 nitrogen and oxygen atoms in total. The number of piperidine rings is 1. The minimum absolute atomic E-state index is 0.0471. The van der Waals surface area contributed by atoms with Crippen LogP contribution in [-0.4, -0.2) is 168 Å². The number of hydrogen-bond donors (Lipinski definition) is 4. The third-order valence-electron chi connectivity index (χ3n) is 12.2. The number of benzene rings is 1. The van der Waals surface area contributed by atoms with Gasteiger partial charge in [0.05, 0.1) is 18.8 Å². The summed E-state index contributed by atoms with van der Waals surface area (Å²) in [5, 5.41) is 5.61. The molecule has 0 spiro atoms. The number of ether oxygens (including phenoxy) is 1. The Bertz CT molecular complexity index is 1820. The third kappa shape index (κ3) is 18.8. The summed E-state index contributed by atoms with van der Waals surface area (Å²) in [6.07, 6.45) is 5.02. The van der Waals surface area contributed by atoms with Crippen LogP contribution in [0, 0.1) is 11.8 Å². The van der Waals surface area contributed by atoms with Crippen LogP contribution < -0.4 is 22.1 Å². The van der Waals surface area contributed by atoms with Gasteiger partial charge in [0.25, 0.3) is 11.8 Å². The molecule has 18 heteroatoms. The van der Waals surface area contributed by atoms with Crippen LogP contribution in [-0.2, 0) is 49.5 Å². The minimum atomic E-state index is -1.73. The second-order valence-corrected chi connectivity index (χ2v) is 20.1. The molecule has 8 amide bonds. The van der Waals surface area contributed by atoms with Crippen LogP contribution in [0.25, 0.3) is 0 Å². The molecule has 2 rings (SSSR count).